The first-order valence-corrected chi connectivity index (χ1v) is 6.36. The van der Waals surface area contributed by atoms with Crippen molar-refractivity contribution < 1.29 is 4.74 Å². The van der Waals surface area contributed by atoms with Gasteiger partial charge in [-0.2, -0.15) is 0 Å². The maximum absolute atomic E-state index is 6.02. The monoisotopic (exact) mass is 232 g/mol. The molecule has 1 unspecified atom stereocenters. The summed E-state index contributed by atoms with van der Waals surface area (Å²) in [6.45, 7) is 8.00. The first-order valence-electron chi connectivity index (χ1n) is 6.36. The molecule has 1 aromatic rings. The molecule has 2 aliphatic heterocycles. The second-order valence-electron chi connectivity index (χ2n) is 5.32. The van der Waals surface area contributed by atoms with Crippen molar-refractivity contribution >= 4 is 0 Å². The highest BCUT2D eigenvalue weighted by atomic mass is 16.5. The van der Waals surface area contributed by atoms with Gasteiger partial charge in [0.05, 0.1) is 12.6 Å². The van der Waals surface area contributed by atoms with E-state index in [-0.39, 0.29) is 5.60 Å². The Hall–Kier alpha value is -0.900. The Bertz CT molecular complexity index is 406. The Morgan fingerprint density at radius 1 is 1.18 bits per heavy atom. The number of hydrogen-bond donors (Lipinski definition) is 2. The number of hydrogen-bond acceptors (Lipinski definition) is 3. The van der Waals surface area contributed by atoms with Crippen LogP contribution in [0.5, 0.6) is 0 Å². The molecule has 2 heterocycles. The largest absolute Gasteiger partial charge is 0.369 e. The average molecular weight is 232 g/mol. The third kappa shape index (κ3) is 1.88. The Kier molecular flexibility index (Phi) is 2.69. The molecule has 3 nitrogen and oxygen atoms in total. The summed E-state index contributed by atoms with van der Waals surface area (Å²) >= 11 is 0. The number of rotatable bonds is 1. The van der Waals surface area contributed by atoms with E-state index in [1.807, 2.05) is 0 Å². The highest BCUT2D eigenvalue weighted by Gasteiger charge is 2.47. The van der Waals surface area contributed by atoms with Crippen molar-refractivity contribution in [1.82, 2.24) is 10.6 Å². The molecule has 1 spiro atoms. The number of nitrogens with one attached hydrogen (secondary N) is 2. The van der Waals surface area contributed by atoms with Gasteiger partial charge < -0.3 is 15.4 Å². The second kappa shape index (κ2) is 4.09. The molecular formula is C14H20N2O. The molecule has 92 valence electrons. The SMILES string of the molecule is Cc1cc(C)cc(C2NCCOC23CNC3)c1. The smallest absolute Gasteiger partial charge is 0.112 e. The third-order valence-electron chi connectivity index (χ3n) is 3.79. The van der Waals surface area contributed by atoms with Crippen molar-refractivity contribution in [1.29, 1.82) is 0 Å². The molecule has 0 aromatic heterocycles. The molecule has 17 heavy (non-hydrogen) atoms. The lowest BCUT2D eigenvalue weighted by Crippen LogP contribution is -2.69. The maximum atomic E-state index is 6.02. The zero-order valence-electron chi connectivity index (χ0n) is 10.5. The van der Waals surface area contributed by atoms with Gasteiger partial charge in [-0.05, 0) is 19.4 Å². The van der Waals surface area contributed by atoms with E-state index in [1.165, 1.54) is 16.7 Å². The van der Waals surface area contributed by atoms with Gasteiger partial charge in [-0.15, -0.1) is 0 Å². The van der Waals surface area contributed by atoms with Crippen molar-refractivity contribution in [2.75, 3.05) is 26.2 Å². The predicted octanol–water partition coefficient (Wildman–Crippen LogP) is 1.31. The minimum atomic E-state index is -0.0154. The standard InChI is InChI=1S/C14H20N2O/c1-10-5-11(2)7-12(6-10)13-14(8-15-9-14)17-4-3-16-13/h5-7,13,15-16H,3-4,8-9H2,1-2H3. The Morgan fingerprint density at radius 3 is 2.47 bits per heavy atom. The van der Waals surface area contributed by atoms with Crippen molar-refractivity contribution in [2.24, 2.45) is 0 Å². The van der Waals surface area contributed by atoms with Crippen LogP contribution in [0.4, 0.5) is 0 Å². The van der Waals surface area contributed by atoms with E-state index in [9.17, 15) is 0 Å². The lowest BCUT2D eigenvalue weighted by molar-refractivity contribution is -0.128. The molecule has 0 amide bonds. The molecule has 2 aliphatic rings. The highest BCUT2D eigenvalue weighted by molar-refractivity contribution is 5.33. The van der Waals surface area contributed by atoms with Crippen LogP contribution in [0.3, 0.4) is 0 Å². The van der Waals surface area contributed by atoms with Gasteiger partial charge in [0.1, 0.15) is 5.60 Å². The quantitative estimate of drug-likeness (QED) is 0.766. The molecule has 2 N–H and O–H groups in total. The lowest BCUT2D eigenvalue weighted by Gasteiger charge is -2.51. The first-order chi connectivity index (χ1) is 8.20. The van der Waals surface area contributed by atoms with Crippen LogP contribution in [0.1, 0.15) is 22.7 Å². The second-order valence-corrected chi connectivity index (χ2v) is 5.32. The summed E-state index contributed by atoms with van der Waals surface area (Å²) in [5.41, 5.74) is 4.01. The minimum Gasteiger partial charge on any atom is -0.369 e. The average Bonchev–Trinajstić information content (AvgIpc) is 2.25. The van der Waals surface area contributed by atoms with Gasteiger partial charge in [0.15, 0.2) is 0 Å². The molecule has 0 saturated carbocycles. The molecule has 3 heteroatoms. The molecule has 3 rings (SSSR count). The van der Waals surface area contributed by atoms with Gasteiger partial charge in [-0.1, -0.05) is 29.3 Å². The lowest BCUT2D eigenvalue weighted by atomic mass is 9.81. The molecular weight excluding hydrogens is 212 g/mol. The molecule has 2 fully saturated rings. The summed E-state index contributed by atoms with van der Waals surface area (Å²) < 4.78 is 6.02. The molecule has 0 bridgehead atoms. The van der Waals surface area contributed by atoms with Crippen LogP contribution >= 0.6 is 0 Å². The van der Waals surface area contributed by atoms with Crippen molar-refractivity contribution in [3.8, 4) is 0 Å². The van der Waals surface area contributed by atoms with Crippen LogP contribution in [0.2, 0.25) is 0 Å². The van der Waals surface area contributed by atoms with Crippen LogP contribution in [0, 0.1) is 13.8 Å². The van der Waals surface area contributed by atoms with Crippen LogP contribution in [0.25, 0.3) is 0 Å². The summed E-state index contributed by atoms with van der Waals surface area (Å²) in [7, 11) is 0. The van der Waals surface area contributed by atoms with Crippen molar-refractivity contribution in [2.45, 2.75) is 25.5 Å². The summed E-state index contributed by atoms with van der Waals surface area (Å²) in [5.74, 6) is 0. The van der Waals surface area contributed by atoms with E-state index in [0.29, 0.717) is 6.04 Å². The Labute approximate surface area is 103 Å². The molecule has 0 aliphatic carbocycles. The van der Waals surface area contributed by atoms with Crippen LogP contribution in [-0.2, 0) is 4.74 Å². The zero-order valence-corrected chi connectivity index (χ0v) is 10.5. The third-order valence-corrected chi connectivity index (χ3v) is 3.79. The number of ether oxygens (including phenoxy) is 1. The predicted molar refractivity (Wildman–Crippen MR) is 68.2 cm³/mol. The number of benzene rings is 1. The van der Waals surface area contributed by atoms with Gasteiger partial charge >= 0.3 is 0 Å². The van der Waals surface area contributed by atoms with Crippen molar-refractivity contribution in [3.63, 3.8) is 0 Å². The normalized spacial score (nSPS) is 26.8. The molecule has 1 atom stereocenters. The van der Waals surface area contributed by atoms with Gasteiger partial charge in [-0.25, -0.2) is 0 Å². The summed E-state index contributed by atoms with van der Waals surface area (Å²) in [6, 6.07) is 7.11. The van der Waals surface area contributed by atoms with Crippen molar-refractivity contribution in [3.05, 3.63) is 34.9 Å². The number of aryl methyl sites for hydroxylation is 2. The minimum absolute atomic E-state index is 0.0154. The maximum Gasteiger partial charge on any atom is 0.112 e. The van der Waals surface area contributed by atoms with Gasteiger partial charge in [-0.3, -0.25) is 0 Å². The van der Waals surface area contributed by atoms with Gasteiger partial charge in [0.25, 0.3) is 0 Å². The highest BCUT2D eigenvalue weighted by Crippen LogP contribution is 2.35. The Morgan fingerprint density at radius 2 is 1.88 bits per heavy atom. The zero-order chi connectivity index (χ0) is 11.9. The van der Waals surface area contributed by atoms with Gasteiger partial charge in [0, 0.05) is 19.6 Å². The summed E-state index contributed by atoms with van der Waals surface area (Å²) in [4.78, 5) is 0. The van der Waals surface area contributed by atoms with E-state index in [1.54, 1.807) is 0 Å². The fourth-order valence-electron chi connectivity index (χ4n) is 3.00. The molecule has 0 radical (unpaired) electrons. The molecule has 2 saturated heterocycles. The number of morpholine rings is 1. The van der Waals surface area contributed by atoms with Crippen LogP contribution < -0.4 is 10.6 Å². The first kappa shape index (κ1) is 11.2. The van der Waals surface area contributed by atoms with Crippen LogP contribution in [0.15, 0.2) is 18.2 Å². The van der Waals surface area contributed by atoms with Crippen LogP contribution in [-0.4, -0.2) is 31.8 Å². The topological polar surface area (TPSA) is 33.3 Å². The van der Waals surface area contributed by atoms with E-state index >= 15 is 0 Å². The van der Waals surface area contributed by atoms with Gasteiger partial charge in [0.2, 0.25) is 0 Å². The van der Waals surface area contributed by atoms with E-state index < -0.39 is 0 Å². The van der Waals surface area contributed by atoms with E-state index in [2.05, 4.69) is 42.7 Å². The summed E-state index contributed by atoms with van der Waals surface area (Å²) in [6.07, 6.45) is 0. The van der Waals surface area contributed by atoms with E-state index in [4.69, 9.17) is 4.74 Å². The van der Waals surface area contributed by atoms with E-state index in [0.717, 1.165) is 26.2 Å². The fraction of sp³-hybridized carbons (Fsp3) is 0.571. The Balaban J connectivity index is 1.95. The fourth-order valence-corrected chi connectivity index (χ4v) is 3.00. The molecule has 1 aromatic carbocycles. The summed E-state index contributed by atoms with van der Waals surface area (Å²) in [5, 5.41) is 6.95.